The van der Waals surface area contributed by atoms with E-state index in [1.54, 1.807) is 9.80 Å². The maximum absolute atomic E-state index is 12.3. The second-order valence-corrected chi connectivity index (χ2v) is 5.18. The van der Waals surface area contributed by atoms with Crippen LogP contribution in [0, 0.1) is 5.92 Å². The van der Waals surface area contributed by atoms with E-state index in [-0.39, 0.29) is 30.2 Å². The Balaban J connectivity index is 1.80. The Morgan fingerprint density at radius 3 is 2.45 bits per heavy atom. The minimum Gasteiger partial charge on any atom is -0.375 e. The molecule has 0 radical (unpaired) electrons. The molecule has 0 saturated carbocycles. The van der Waals surface area contributed by atoms with E-state index in [0.717, 1.165) is 0 Å². The molecule has 1 N–H and O–H groups in total. The van der Waals surface area contributed by atoms with Gasteiger partial charge in [0.1, 0.15) is 6.61 Å². The summed E-state index contributed by atoms with van der Waals surface area (Å²) in [5, 5.41) is 2.73. The van der Waals surface area contributed by atoms with Crippen LogP contribution in [0.3, 0.4) is 0 Å². The van der Waals surface area contributed by atoms with Crippen LogP contribution in [-0.4, -0.2) is 74.0 Å². The minimum absolute atomic E-state index is 0.0176. The van der Waals surface area contributed by atoms with Gasteiger partial charge in [0.15, 0.2) is 0 Å². The van der Waals surface area contributed by atoms with Crippen molar-refractivity contribution < 1.29 is 19.1 Å². The molecule has 2 aliphatic heterocycles. The first-order valence-electron chi connectivity index (χ1n) is 6.94. The molecule has 7 nitrogen and oxygen atoms in total. The number of carbonyl (C=O) groups is 3. The molecule has 0 spiro atoms. The second kappa shape index (κ2) is 6.69. The first-order valence-corrected chi connectivity index (χ1v) is 6.94. The predicted molar refractivity (Wildman–Crippen MR) is 70.8 cm³/mol. The van der Waals surface area contributed by atoms with Crippen LogP contribution in [0.1, 0.15) is 12.8 Å². The summed E-state index contributed by atoms with van der Waals surface area (Å²) in [6.45, 7) is 2.72. The predicted octanol–water partition coefficient (Wildman–Crippen LogP) is -1.17. The lowest BCUT2D eigenvalue weighted by Crippen LogP contribution is -2.54. The van der Waals surface area contributed by atoms with Crippen LogP contribution in [0.25, 0.3) is 0 Å². The van der Waals surface area contributed by atoms with Gasteiger partial charge in [0.2, 0.25) is 17.7 Å². The van der Waals surface area contributed by atoms with Gasteiger partial charge in [-0.25, -0.2) is 0 Å². The number of methoxy groups -OCH3 is 1. The van der Waals surface area contributed by atoms with Gasteiger partial charge >= 0.3 is 0 Å². The van der Waals surface area contributed by atoms with Crippen LogP contribution in [0.15, 0.2) is 0 Å². The number of nitrogens with zero attached hydrogens (tertiary/aromatic N) is 2. The lowest BCUT2D eigenvalue weighted by atomic mass is 9.97. The molecule has 2 aliphatic rings. The molecule has 0 aromatic carbocycles. The normalized spacial score (nSPS) is 23.4. The fourth-order valence-corrected chi connectivity index (χ4v) is 2.59. The monoisotopic (exact) mass is 283 g/mol. The molecule has 1 unspecified atom stereocenters. The van der Waals surface area contributed by atoms with E-state index in [1.807, 2.05) is 0 Å². The van der Waals surface area contributed by atoms with Crippen molar-refractivity contribution in [1.29, 1.82) is 0 Å². The topological polar surface area (TPSA) is 79.0 Å². The molecular weight excluding hydrogens is 262 g/mol. The third-order valence-electron chi connectivity index (χ3n) is 3.83. The van der Waals surface area contributed by atoms with Gasteiger partial charge in [0, 0.05) is 46.3 Å². The molecule has 0 aromatic heterocycles. The minimum atomic E-state index is -0.117. The molecule has 2 saturated heterocycles. The number of amides is 3. The Labute approximate surface area is 118 Å². The SMILES string of the molecule is COCC(=O)N1CCN(C(=O)C2CCC(=O)NC2)CC1. The quantitative estimate of drug-likeness (QED) is 0.708. The van der Waals surface area contributed by atoms with Crippen molar-refractivity contribution in [3.05, 3.63) is 0 Å². The molecule has 1 atom stereocenters. The molecular formula is C13H21N3O4. The maximum Gasteiger partial charge on any atom is 0.248 e. The second-order valence-electron chi connectivity index (χ2n) is 5.18. The van der Waals surface area contributed by atoms with E-state index in [0.29, 0.717) is 45.6 Å². The van der Waals surface area contributed by atoms with Crippen LogP contribution in [0.4, 0.5) is 0 Å². The molecule has 2 rings (SSSR count). The van der Waals surface area contributed by atoms with Gasteiger partial charge in [0.25, 0.3) is 0 Å². The standard InChI is InChI=1S/C13H21N3O4/c1-20-9-12(18)15-4-6-16(7-5-15)13(19)10-2-3-11(17)14-8-10/h10H,2-9H2,1H3,(H,14,17). The third kappa shape index (κ3) is 3.47. The number of hydrogen-bond acceptors (Lipinski definition) is 4. The van der Waals surface area contributed by atoms with Gasteiger partial charge in [0.05, 0.1) is 5.92 Å². The Morgan fingerprint density at radius 1 is 1.25 bits per heavy atom. The van der Waals surface area contributed by atoms with Crippen molar-refractivity contribution >= 4 is 17.7 Å². The number of piperazine rings is 1. The molecule has 7 heteroatoms. The van der Waals surface area contributed by atoms with E-state index in [2.05, 4.69) is 5.32 Å². The van der Waals surface area contributed by atoms with E-state index < -0.39 is 0 Å². The van der Waals surface area contributed by atoms with Crippen LogP contribution in [-0.2, 0) is 19.1 Å². The van der Waals surface area contributed by atoms with Crippen LogP contribution >= 0.6 is 0 Å². The average Bonchev–Trinajstić information content (AvgIpc) is 2.48. The first-order chi connectivity index (χ1) is 9.61. The number of hydrogen-bond donors (Lipinski definition) is 1. The fourth-order valence-electron chi connectivity index (χ4n) is 2.59. The van der Waals surface area contributed by atoms with Crippen molar-refractivity contribution in [1.82, 2.24) is 15.1 Å². The Hall–Kier alpha value is -1.63. The van der Waals surface area contributed by atoms with Gasteiger partial charge in [-0.3, -0.25) is 14.4 Å². The number of rotatable bonds is 3. The number of nitrogens with one attached hydrogen (secondary N) is 1. The zero-order valence-electron chi connectivity index (χ0n) is 11.8. The highest BCUT2D eigenvalue weighted by Crippen LogP contribution is 2.15. The highest BCUT2D eigenvalue weighted by atomic mass is 16.5. The smallest absolute Gasteiger partial charge is 0.248 e. The summed E-state index contributed by atoms with van der Waals surface area (Å²) in [7, 11) is 1.50. The van der Waals surface area contributed by atoms with Gasteiger partial charge in [-0.1, -0.05) is 0 Å². The van der Waals surface area contributed by atoms with Gasteiger partial charge in [-0.2, -0.15) is 0 Å². The van der Waals surface area contributed by atoms with Crippen molar-refractivity contribution in [2.24, 2.45) is 5.92 Å². The van der Waals surface area contributed by atoms with Crippen molar-refractivity contribution in [2.45, 2.75) is 12.8 Å². The summed E-state index contributed by atoms with van der Waals surface area (Å²) >= 11 is 0. The lowest BCUT2D eigenvalue weighted by Gasteiger charge is -2.37. The van der Waals surface area contributed by atoms with Gasteiger partial charge in [-0.15, -0.1) is 0 Å². The summed E-state index contributed by atoms with van der Waals surface area (Å²) in [6, 6.07) is 0. The number of carbonyl (C=O) groups excluding carboxylic acids is 3. The Kier molecular flexibility index (Phi) is 4.94. The van der Waals surface area contributed by atoms with E-state index in [4.69, 9.17) is 4.74 Å². The molecule has 0 aromatic rings. The highest BCUT2D eigenvalue weighted by molar-refractivity contribution is 5.84. The Bertz CT molecular complexity index is 381. The summed E-state index contributed by atoms with van der Waals surface area (Å²) < 4.78 is 4.82. The summed E-state index contributed by atoms with van der Waals surface area (Å²) in [5.41, 5.74) is 0. The number of ether oxygens (including phenoxy) is 1. The zero-order valence-corrected chi connectivity index (χ0v) is 11.8. The third-order valence-corrected chi connectivity index (χ3v) is 3.83. The molecule has 0 aliphatic carbocycles. The zero-order chi connectivity index (χ0) is 14.5. The summed E-state index contributed by atoms with van der Waals surface area (Å²) in [6.07, 6.45) is 1.04. The summed E-state index contributed by atoms with van der Waals surface area (Å²) in [4.78, 5) is 38.6. The van der Waals surface area contributed by atoms with Crippen molar-refractivity contribution in [2.75, 3.05) is 46.4 Å². The largest absolute Gasteiger partial charge is 0.375 e. The molecule has 2 fully saturated rings. The van der Waals surface area contributed by atoms with E-state index in [9.17, 15) is 14.4 Å². The maximum atomic E-state index is 12.3. The highest BCUT2D eigenvalue weighted by Gasteiger charge is 2.31. The van der Waals surface area contributed by atoms with Crippen molar-refractivity contribution in [3.8, 4) is 0 Å². The fraction of sp³-hybridized carbons (Fsp3) is 0.769. The molecule has 20 heavy (non-hydrogen) atoms. The molecule has 0 bridgehead atoms. The van der Waals surface area contributed by atoms with Crippen LogP contribution in [0.5, 0.6) is 0 Å². The van der Waals surface area contributed by atoms with E-state index in [1.165, 1.54) is 7.11 Å². The molecule has 2 heterocycles. The van der Waals surface area contributed by atoms with Crippen LogP contribution in [0.2, 0.25) is 0 Å². The number of piperidine rings is 1. The lowest BCUT2D eigenvalue weighted by molar-refractivity contribution is -0.144. The average molecular weight is 283 g/mol. The first kappa shape index (κ1) is 14.8. The Morgan fingerprint density at radius 2 is 1.90 bits per heavy atom. The summed E-state index contributed by atoms with van der Waals surface area (Å²) in [5.74, 6) is -0.0497. The van der Waals surface area contributed by atoms with Gasteiger partial charge < -0.3 is 19.9 Å². The van der Waals surface area contributed by atoms with Crippen LogP contribution < -0.4 is 5.32 Å². The molecule has 112 valence electrons. The van der Waals surface area contributed by atoms with E-state index >= 15 is 0 Å². The molecule has 3 amide bonds. The van der Waals surface area contributed by atoms with Gasteiger partial charge in [-0.05, 0) is 6.42 Å². The van der Waals surface area contributed by atoms with Crippen molar-refractivity contribution in [3.63, 3.8) is 0 Å².